The van der Waals surface area contributed by atoms with Gasteiger partial charge in [-0.05, 0) is 61.2 Å². The third-order valence-corrected chi connectivity index (χ3v) is 9.50. The number of ketones is 4. The summed E-state index contributed by atoms with van der Waals surface area (Å²) >= 11 is 0. The van der Waals surface area contributed by atoms with E-state index in [1.165, 1.54) is 25.1 Å². The molecule has 5 rings (SSSR count). The van der Waals surface area contributed by atoms with Gasteiger partial charge in [0.1, 0.15) is 5.75 Å². The molecule has 0 spiro atoms. The van der Waals surface area contributed by atoms with Gasteiger partial charge < -0.3 is 15.9 Å². The van der Waals surface area contributed by atoms with Crippen LogP contribution >= 0.6 is 0 Å². The first-order chi connectivity index (χ1) is 19.1. The molecule has 216 valence electrons. The van der Waals surface area contributed by atoms with E-state index in [-0.39, 0.29) is 29.9 Å². The molecule has 6 atom stereocenters. The predicted molar refractivity (Wildman–Crippen MR) is 145 cm³/mol. The van der Waals surface area contributed by atoms with Crippen molar-refractivity contribution in [3.8, 4) is 16.9 Å². The van der Waals surface area contributed by atoms with Crippen molar-refractivity contribution >= 4 is 38.9 Å². The topological polar surface area (TPSA) is 189 Å². The number of carbonyl (C=O) groups excluding carboxylic acids is 5. The SMILES string of the molecule is CN(C)C1C(=O)C(C(N)=O)C(=O)[C@]2(O)C(=O)C3C(=O)c4c(O)ccc(-c5ccc(CS(C)(=O)=O)cc5)c4C[C@@H]3C[C@H]12. The largest absolute Gasteiger partial charge is 0.507 e. The molecule has 3 aliphatic rings. The summed E-state index contributed by atoms with van der Waals surface area (Å²) in [5.74, 6) is -11.2. The lowest BCUT2D eigenvalue weighted by Crippen LogP contribution is -2.74. The lowest BCUT2D eigenvalue weighted by molar-refractivity contribution is -0.181. The molecule has 2 saturated carbocycles. The highest BCUT2D eigenvalue weighted by Gasteiger charge is 2.69. The number of amides is 1. The van der Waals surface area contributed by atoms with Crippen LogP contribution in [-0.2, 0) is 41.2 Å². The number of nitrogens with zero attached hydrogens (tertiary/aromatic N) is 1. The number of benzene rings is 2. The first-order valence-electron chi connectivity index (χ1n) is 13.0. The fourth-order valence-electron chi connectivity index (χ4n) is 6.96. The minimum absolute atomic E-state index is 0.0493. The van der Waals surface area contributed by atoms with Crippen LogP contribution < -0.4 is 5.73 Å². The maximum Gasteiger partial charge on any atom is 0.235 e. The highest BCUT2D eigenvalue weighted by Crippen LogP contribution is 2.51. The smallest absolute Gasteiger partial charge is 0.235 e. The molecule has 0 bridgehead atoms. The molecule has 41 heavy (non-hydrogen) atoms. The summed E-state index contributed by atoms with van der Waals surface area (Å²) in [6.07, 6.45) is 1.21. The zero-order chi connectivity index (χ0) is 30.2. The van der Waals surface area contributed by atoms with E-state index >= 15 is 0 Å². The number of phenols is 1. The van der Waals surface area contributed by atoms with Crippen LogP contribution in [0.5, 0.6) is 5.75 Å². The molecule has 12 heteroatoms. The molecule has 2 aromatic rings. The van der Waals surface area contributed by atoms with E-state index in [9.17, 15) is 42.6 Å². The van der Waals surface area contributed by atoms with Crippen molar-refractivity contribution in [1.29, 1.82) is 0 Å². The van der Waals surface area contributed by atoms with Gasteiger partial charge in [0.2, 0.25) is 5.91 Å². The van der Waals surface area contributed by atoms with Gasteiger partial charge in [0.15, 0.2) is 44.5 Å². The molecule has 3 aliphatic carbocycles. The van der Waals surface area contributed by atoms with Crippen molar-refractivity contribution in [2.45, 2.75) is 30.2 Å². The number of hydrogen-bond acceptors (Lipinski definition) is 10. The number of nitrogens with two attached hydrogens (primary N) is 1. The monoisotopic (exact) mass is 582 g/mol. The Morgan fingerprint density at radius 1 is 1.05 bits per heavy atom. The van der Waals surface area contributed by atoms with Crippen LogP contribution in [0.2, 0.25) is 0 Å². The van der Waals surface area contributed by atoms with E-state index in [4.69, 9.17) is 5.73 Å². The molecule has 0 aromatic heterocycles. The summed E-state index contributed by atoms with van der Waals surface area (Å²) in [7, 11) is -0.197. The van der Waals surface area contributed by atoms with E-state index < -0.39 is 74.2 Å². The third kappa shape index (κ3) is 4.41. The number of fused-ring (bicyclic) bond motifs is 3. The molecule has 11 nitrogen and oxygen atoms in total. The van der Waals surface area contributed by atoms with E-state index in [1.807, 2.05) is 0 Å². The average molecular weight is 583 g/mol. The van der Waals surface area contributed by atoms with Gasteiger partial charge in [-0.15, -0.1) is 0 Å². The highest BCUT2D eigenvalue weighted by molar-refractivity contribution is 7.89. The Morgan fingerprint density at radius 2 is 1.68 bits per heavy atom. The molecular weight excluding hydrogens is 552 g/mol. The van der Waals surface area contributed by atoms with Crippen LogP contribution in [0.3, 0.4) is 0 Å². The maximum atomic E-state index is 13.9. The van der Waals surface area contributed by atoms with E-state index in [0.717, 1.165) is 6.26 Å². The van der Waals surface area contributed by atoms with Gasteiger partial charge in [0, 0.05) is 12.2 Å². The molecule has 0 aliphatic heterocycles. The normalized spacial score (nSPS) is 29.6. The van der Waals surface area contributed by atoms with Gasteiger partial charge in [0.25, 0.3) is 0 Å². The lowest BCUT2D eigenvalue weighted by atomic mass is 9.52. The molecule has 0 radical (unpaired) electrons. The number of Topliss-reactive ketones (excluding diaryl/α,β-unsaturated/α-hetero) is 4. The first-order valence-corrected chi connectivity index (χ1v) is 15.1. The predicted octanol–water partition coefficient (Wildman–Crippen LogP) is 0.0786. The number of sulfone groups is 1. The lowest BCUT2D eigenvalue weighted by Gasteiger charge is -2.52. The van der Waals surface area contributed by atoms with Crippen LogP contribution in [-0.4, -0.2) is 84.6 Å². The second-order valence-corrected chi connectivity index (χ2v) is 13.7. The Morgan fingerprint density at radius 3 is 2.24 bits per heavy atom. The summed E-state index contributed by atoms with van der Waals surface area (Å²) in [6, 6.07) is 8.49. The number of likely N-dealkylation sites (N-methyl/N-ethyl adjacent to an activating group) is 1. The summed E-state index contributed by atoms with van der Waals surface area (Å²) < 4.78 is 23.4. The fraction of sp³-hybridized carbons (Fsp3) is 0.414. The standard InChI is InChI=1S/C29H30N2O9S/c1-31(2)23-18-11-15-10-17-16(14-6-4-13(5-7-14)12-41(3,39)40)8-9-19(32)21(17)24(33)20(15)26(35)29(18,38)27(36)22(25(23)34)28(30)37/h4-9,15,18,20,22-23,32,38H,10-12H2,1-3H3,(H2,30,37)/t15-,18-,20?,22?,23?,29-/m1/s1. The van der Waals surface area contributed by atoms with E-state index in [0.29, 0.717) is 22.3 Å². The number of primary amides is 1. The van der Waals surface area contributed by atoms with Crippen molar-refractivity contribution in [2.24, 2.45) is 29.4 Å². The summed E-state index contributed by atoms with van der Waals surface area (Å²) in [4.78, 5) is 67.9. The van der Waals surface area contributed by atoms with Gasteiger partial charge >= 0.3 is 0 Å². The minimum Gasteiger partial charge on any atom is -0.507 e. The molecule has 3 unspecified atom stereocenters. The van der Waals surface area contributed by atoms with Gasteiger partial charge in [-0.2, -0.15) is 0 Å². The first kappa shape index (κ1) is 28.8. The number of phenolic OH excluding ortho intramolecular Hbond substituents is 1. The minimum atomic E-state index is -3.25. The van der Waals surface area contributed by atoms with Crippen molar-refractivity contribution in [2.75, 3.05) is 20.4 Å². The summed E-state index contributed by atoms with van der Waals surface area (Å²) in [6.45, 7) is 0. The Balaban J connectivity index is 1.60. The second-order valence-electron chi connectivity index (χ2n) is 11.5. The van der Waals surface area contributed by atoms with Gasteiger partial charge in [-0.3, -0.25) is 28.9 Å². The van der Waals surface area contributed by atoms with Crippen LogP contribution in [0.15, 0.2) is 36.4 Å². The van der Waals surface area contributed by atoms with Crippen LogP contribution in [0.1, 0.15) is 27.9 Å². The molecular formula is C29H30N2O9S. The molecule has 2 fully saturated rings. The van der Waals surface area contributed by atoms with Crippen LogP contribution in [0.4, 0.5) is 0 Å². The Bertz CT molecular complexity index is 1630. The van der Waals surface area contributed by atoms with Gasteiger partial charge in [-0.25, -0.2) is 8.42 Å². The third-order valence-electron chi connectivity index (χ3n) is 8.64. The van der Waals surface area contributed by atoms with Crippen LogP contribution in [0, 0.1) is 23.7 Å². The maximum absolute atomic E-state index is 13.9. The van der Waals surface area contributed by atoms with Crippen molar-refractivity contribution in [3.63, 3.8) is 0 Å². The van der Waals surface area contributed by atoms with Crippen molar-refractivity contribution in [1.82, 2.24) is 4.90 Å². The fourth-order valence-corrected chi connectivity index (χ4v) is 7.76. The molecule has 2 aromatic carbocycles. The molecule has 4 N–H and O–H groups in total. The molecule has 0 heterocycles. The quantitative estimate of drug-likeness (QED) is 0.407. The van der Waals surface area contributed by atoms with E-state index in [2.05, 4.69) is 0 Å². The Kier molecular flexibility index (Phi) is 6.79. The summed E-state index contributed by atoms with van der Waals surface area (Å²) in [5.41, 5.74) is 4.75. The number of rotatable bonds is 5. The van der Waals surface area contributed by atoms with Gasteiger partial charge in [-0.1, -0.05) is 30.3 Å². The van der Waals surface area contributed by atoms with Crippen LogP contribution in [0.25, 0.3) is 11.1 Å². The Labute approximate surface area is 236 Å². The Hall–Kier alpha value is -3.74. The van der Waals surface area contributed by atoms with Crippen molar-refractivity contribution in [3.05, 3.63) is 53.1 Å². The second kappa shape index (κ2) is 9.68. The molecule has 0 saturated heterocycles. The molecule has 1 amide bonds. The highest BCUT2D eigenvalue weighted by atomic mass is 32.2. The number of hydrogen-bond donors (Lipinski definition) is 3. The van der Waals surface area contributed by atoms with Gasteiger partial charge in [0.05, 0.1) is 23.3 Å². The van der Waals surface area contributed by atoms with E-state index in [1.54, 1.807) is 30.3 Å². The van der Waals surface area contributed by atoms with Crippen molar-refractivity contribution < 1.29 is 42.6 Å². The average Bonchev–Trinajstić information content (AvgIpc) is 2.85. The summed E-state index contributed by atoms with van der Waals surface area (Å²) in [5, 5.41) is 22.4. The zero-order valence-electron chi connectivity index (χ0n) is 22.7. The number of aromatic hydroxyl groups is 1. The number of carbonyl (C=O) groups is 5. The zero-order valence-corrected chi connectivity index (χ0v) is 23.5. The number of aliphatic hydroxyl groups is 1.